The molecule has 0 saturated carbocycles. The van der Waals surface area contributed by atoms with Crippen LogP contribution in [0, 0.1) is 0 Å². The summed E-state index contributed by atoms with van der Waals surface area (Å²) in [5, 5.41) is 7.04. The normalized spacial score (nSPS) is 36.2. The molecule has 0 aliphatic carbocycles. The Hall–Kier alpha value is -0.120. The quantitative estimate of drug-likeness (QED) is 0.390. The smallest absolute Gasteiger partial charge is 0.191 e. The van der Waals surface area contributed by atoms with Gasteiger partial charge in [-0.3, -0.25) is 9.89 Å². The van der Waals surface area contributed by atoms with Crippen LogP contribution >= 0.6 is 24.0 Å². The predicted octanol–water partition coefficient (Wildman–Crippen LogP) is 0.335. The zero-order valence-electron chi connectivity index (χ0n) is 13.9. The highest BCUT2D eigenvalue weighted by atomic mass is 127. The average molecular weight is 423 g/mol. The van der Waals surface area contributed by atoms with E-state index < -0.39 is 0 Å². The molecule has 0 aromatic carbocycles. The van der Waals surface area contributed by atoms with Crippen LogP contribution in [0.15, 0.2) is 4.99 Å². The number of guanidine groups is 1. The molecule has 3 saturated heterocycles. The molecule has 3 rings (SSSR count). The van der Waals surface area contributed by atoms with Gasteiger partial charge < -0.3 is 20.3 Å². The van der Waals surface area contributed by atoms with Gasteiger partial charge in [0.15, 0.2) is 5.96 Å². The molecule has 7 heteroatoms. The third-order valence-electron chi connectivity index (χ3n) is 5.14. The largest absolute Gasteiger partial charge is 0.373 e. The van der Waals surface area contributed by atoms with Crippen LogP contribution in [-0.4, -0.2) is 87.4 Å². The lowest BCUT2D eigenvalue weighted by atomic mass is 9.96. The zero-order valence-corrected chi connectivity index (χ0v) is 16.2. The fourth-order valence-corrected chi connectivity index (χ4v) is 3.70. The Kier molecular flexibility index (Phi) is 6.73. The van der Waals surface area contributed by atoms with E-state index in [1.165, 1.54) is 12.8 Å². The van der Waals surface area contributed by atoms with E-state index >= 15 is 0 Å². The molecule has 4 unspecified atom stereocenters. The number of hydrogen-bond donors (Lipinski definition) is 2. The van der Waals surface area contributed by atoms with Gasteiger partial charge in [-0.25, -0.2) is 0 Å². The van der Waals surface area contributed by atoms with Gasteiger partial charge in [0.05, 0.1) is 18.2 Å². The van der Waals surface area contributed by atoms with Crippen LogP contribution in [0.4, 0.5) is 0 Å². The fourth-order valence-electron chi connectivity index (χ4n) is 3.70. The standard InChI is InChI=1S/C15H29N5O.HI/c1-16-15(18-13-8-12-4-5-14(13)21-12)17-9-11-10-19(2)6-7-20(11)3;/h11-14H,4-10H2,1-3H3,(H2,16,17,18);1H. The summed E-state index contributed by atoms with van der Waals surface area (Å²) in [6, 6.07) is 0.972. The van der Waals surface area contributed by atoms with Crippen LogP contribution in [0.3, 0.4) is 0 Å². The molecule has 3 fully saturated rings. The molecule has 0 aromatic heterocycles. The lowest BCUT2D eigenvalue weighted by molar-refractivity contribution is 0.0990. The molecule has 3 aliphatic rings. The van der Waals surface area contributed by atoms with Gasteiger partial charge in [0.2, 0.25) is 0 Å². The van der Waals surface area contributed by atoms with Gasteiger partial charge in [-0.05, 0) is 33.4 Å². The summed E-state index contributed by atoms with van der Waals surface area (Å²) < 4.78 is 5.90. The number of nitrogens with one attached hydrogen (secondary N) is 2. The highest BCUT2D eigenvalue weighted by Crippen LogP contribution is 2.34. The second kappa shape index (κ2) is 8.12. The number of halogens is 1. The zero-order chi connectivity index (χ0) is 14.8. The highest BCUT2D eigenvalue weighted by molar-refractivity contribution is 14.0. The summed E-state index contributed by atoms with van der Waals surface area (Å²) in [4.78, 5) is 9.20. The Morgan fingerprint density at radius 2 is 2.09 bits per heavy atom. The van der Waals surface area contributed by atoms with Crippen molar-refractivity contribution in [2.75, 3.05) is 47.3 Å². The summed E-state index contributed by atoms with van der Waals surface area (Å²) in [7, 11) is 6.25. The van der Waals surface area contributed by atoms with E-state index in [1.54, 1.807) is 0 Å². The maximum Gasteiger partial charge on any atom is 0.191 e. The van der Waals surface area contributed by atoms with Gasteiger partial charge in [0.25, 0.3) is 0 Å². The van der Waals surface area contributed by atoms with Crippen molar-refractivity contribution in [1.29, 1.82) is 0 Å². The number of likely N-dealkylation sites (N-methyl/N-ethyl adjacent to an activating group) is 2. The van der Waals surface area contributed by atoms with Gasteiger partial charge in [-0.2, -0.15) is 0 Å². The molecule has 3 heterocycles. The van der Waals surface area contributed by atoms with Crippen LogP contribution in [0.1, 0.15) is 19.3 Å². The molecule has 0 spiro atoms. The van der Waals surface area contributed by atoms with Gasteiger partial charge in [-0.15, -0.1) is 24.0 Å². The molecule has 6 nitrogen and oxygen atoms in total. The van der Waals surface area contributed by atoms with Crippen molar-refractivity contribution in [3.63, 3.8) is 0 Å². The van der Waals surface area contributed by atoms with Gasteiger partial charge >= 0.3 is 0 Å². The van der Waals surface area contributed by atoms with Crippen LogP contribution in [0.2, 0.25) is 0 Å². The van der Waals surface area contributed by atoms with Crippen molar-refractivity contribution >= 4 is 29.9 Å². The van der Waals surface area contributed by atoms with Crippen LogP contribution in [0.25, 0.3) is 0 Å². The Balaban J connectivity index is 0.00000176. The van der Waals surface area contributed by atoms with Crippen LogP contribution in [0.5, 0.6) is 0 Å². The number of ether oxygens (including phenoxy) is 1. The first kappa shape index (κ1) is 18.2. The van der Waals surface area contributed by atoms with Crippen molar-refractivity contribution in [1.82, 2.24) is 20.4 Å². The summed E-state index contributed by atoms with van der Waals surface area (Å²) in [6.07, 6.45) is 4.40. The number of nitrogens with zero attached hydrogens (tertiary/aromatic N) is 3. The molecule has 0 radical (unpaired) electrons. The molecule has 22 heavy (non-hydrogen) atoms. The van der Waals surface area contributed by atoms with E-state index in [9.17, 15) is 0 Å². The molecule has 2 bridgehead atoms. The summed E-state index contributed by atoms with van der Waals surface area (Å²) in [5.41, 5.74) is 0. The third kappa shape index (κ3) is 4.24. The Morgan fingerprint density at radius 1 is 1.27 bits per heavy atom. The summed E-state index contributed by atoms with van der Waals surface area (Å²) in [5.74, 6) is 0.915. The monoisotopic (exact) mass is 423 g/mol. The van der Waals surface area contributed by atoms with Gasteiger partial charge in [0, 0.05) is 39.3 Å². The number of piperazine rings is 1. The lowest BCUT2D eigenvalue weighted by Crippen LogP contribution is -2.56. The van der Waals surface area contributed by atoms with E-state index in [4.69, 9.17) is 4.74 Å². The first-order valence-corrected chi connectivity index (χ1v) is 8.17. The lowest BCUT2D eigenvalue weighted by Gasteiger charge is -2.38. The second-order valence-electron chi connectivity index (χ2n) is 6.71. The molecule has 3 aliphatic heterocycles. The van der Waals surface area contributed by atoms with Crippen LogP contribution < -0.4 is 10.6 Å². The van der Waals surface area contributed by atoms with Gasteiger partial charge in [0.1, 0.15) is 0 Å². The Labute approximate surface area is 151 Å². The minimum Gasteiger partial charge on any atom is -0.373 e. The van der Waals surface area contributed by atoms with E-state index in [1.807, 2.05) is 7.05 Å². The van der Waals surface area contributed by atoms with E-state index in [2.05, 4.69) is 39.5 Å². The molecular weight excluding hydrogens is 393 g/mol. The molecule has 0 aromatic rings. The molecule has 2 N–H and O–H groups in total. The first-order chi connectivity index (χ1) is 10.2. The number of aliphatic imine (C=N–C) groups is 1. The SMILES string of the molecule is CN=C(NCC1CN(C)CCN1C)NC1CC2CCC1O2.I. The van der Waals surface area contributed by atoms with Crippen molar-refractivity contribution in [3.05, 3.63) is 0 Å². The predicted molar refractivity (Wildman–Crippen MR) is 100 cm³/mol. The van der Waals surface area contributed by atoms with Gasteiger partial charge in [-0.1, -0.05) is 0 Å². The van der Waals surface area contributed by atoms with Crippen molar-refractivity contribution in [2.24, 2.45) is 4.99 Å². The molecule has 0 amide bonds. The molecular formula is C15H30IN5O. The van der Waals surface area contributed by atoms with Crippen molar-refractivity contribution < 1.29 is 4.74 Å². The van der Waals surface area contributed by atoms with E-state index in [0.717, 1.165) is 38.6 Å². The maximum absolute atomic E-state index is 5.90. The minimum absolute atomic E-state index is 0. The topological polar surface area (TPSA) is 52.1 Å². The molecule has 128 valence electrons. The maximum atomic E-state index is 5.90. The Bertz CT molecular complexity index is 394. The number of hydrogen-bond acceptors (Lipinski definition) is 4. The number of fused-ring (bicyclic) bond motifs is 2. The Morgan fingerprint density at radius 3 is 2.73 bits per heavy atom. The highest BCUT2D eigenvalue weighted by Gasteiger charge is 2.41. The fraction of sp³-hybridized carbons (Fsp3) is 0.933. The van der Waals surface area contributed by atoms with Crippen molar-refractivity contribution in [2.45, 2.75) is 43.6 Å². The average Bonchev–Trinajstić information content (AvgIpc) is 3.09. The van der Waals surface area contributed by atoms with Crippen molar-refractivity contribution in [3.8, 4) is 0 Å². The first-order valence-electron chi connectivity index (χ1n) is 8.17. The summed E-state index contributed by atoms with van der Waals surface area (Å²) >= 11 is 0. The van der Waals surface area contributed by atoms with E-state index in [0.29, 0.717) is 24.3 Å². The number of rotatable bonds is 3. The minimum atomic E-state index is 0. The second-order valence-corrected chi connectivity index (χ2v) is 6.71. The third-order valence-corrected chi connectivity index (χ3v) is 5.14. The molecule has 4 atom stereocenters. The van der Waals surface area contributed by atoms with Crippen LogP contribution in [-0.2, 0) is 4.74 Å². The van der Waals surface area contributed by atoms with E-state index in [-0.39, 0.29) is 24.0 Å². The summed E-state index contributed by atoms with van der Waals surface area (Å²) in [6.45, 7) is 4.33.